The minimum Gasteiger partial charge on any atom is -0.360 e. The topological polar surface area (TPSA) is 49.6 Å². The van der Waals surface area contributed by atoms with Gasteiger partial charge in [0.2, 0.25) is 5.91 Å². The number of piperazine rings is 1. The monoisotopic (exact) mass is 295 g/mol. The number of nitrogens with two attached hydrogens (primary N) is 1. The van der Waals surface area contributed by atoms with Crippen molar-refractivity contribution in [1.82, 2.24) is 4.90 Å². The van der Waals surface area contributed by atoms with Crippen LogP contribution >= 0.6 is 11.3 Å². The maximum atomic E-state index is 12.1. The Hall–Kier alpha value is -1.07. The lowest BCUT2D eigenvalue weighted by Crippen LogP contribution is -2.48. The van der Waals surface area contributed by atoms with Crippen LogP contribution < -0.4 is 10.6 Å². The number of anilines is 1. The van der Waals surface area contributed by atoms with Gasteiger partial charge in [-0.3, -0.25) is 4.79 Å². The van der Waals surface area contributed by atoms with Gasteiger partial charge in [0.15, 0.2) is 0 Å². The summed E-state index contributed by atoms with van der Waals surface area (Å²) in [6, 6.07) is 4.23. The van der Waals surface area contributed by atoms with Crippen LogP contribution in [0.15, 0.2) is 17.5 Å². The molecule has 1 amide bonds. The lowest BCUT2D eigenvalue weighted by Gasteiger charge is -2.35. The average Bonchev–Trinajstić information content (AvgIpc) is 3.01. The summed E-state index contributed by atoms with van der Waals surface area (Å²) in [5.41, 5.74) is 5.46. The molecule has 0 spiro atoms. The molecule has 5 heteroatoms. The standard InChI is InChI=1S/C15H25N3OS/c16-8-4-2-1-3-6-14(19)17-9-11-18(12-10-17)15-7-5-13-20-15/h5,7,13H,1-4,6,8-12,16H2. The van der Waals surface area contributed by atoms with Crippen LogP contribution in [-0.2, 0) is 4.79 Å². The number of hydrogen-bond donors (Lipinski definition) is 1. The van der Waals surface area contributed by atoms with Gasteiger partial charge in [-0.2, -0.15) is 0 Å². The Labute approximate surface area is 125 Å². The van der Waals surface area contributed by atoms with Gasteiger partial charge >= 0.3 is 0 Å². The van der Waals surface area contributed by atoms with E-state index in [4.69, 9.17) is 5.73 Å². The fraction of sp³-hybridized carbons (Fsp3) is 0.667. The summed E-state index contributed by atoms with van der Waals surface area (Å²) in [7, 11) is 0. The second-order valence-electron chi connectivity index (χ2n) is 5.27. The Balaban J connectivity index is 1.64. The highest BCUT2D eigenvalue weighted by Crippen LogP contribution is 2.22. The average molecular weight is 295 g/mol. The summed E-state index contributed by atoms with van der Waals surface area (Å²) in [5, 5.41) is 3.42. The Bertz CT molecular complexity index is 386. The molecular weight excluding hydrogens is 270 g/mol. The Kier molecular flexibility index (Phi) is 6.33. The molecule has 2 heterocycles. The first kappa shape index (κ1) is 15.3. The molecule has 1 aliphatic heterocycles. The molecule has 1 aromatic heterocycles. The number of carbonyl (C=O) groups is 1. The van der Waals surface area contributed by atoms with Gasteiger partial charge in [0.05, 0.1) is 5.00 Å². The zero-order chi connectivity index (χ0) is 14.2. The Morgan fingerprint density at radius 2 is 1.90 bits per heavy atom. The molecule has 0 bridgehead atoms. The minimum atomic E-state index is 0.323. The summed E-state index contributed by atoms with van der Waals surface area (Å²) in [5.74, 6) is 0.323. The highest BCUT2D eigenvalue weighted by molar-refractivity contribution is 7.14. The van der Waals surface area contributed by atoms with E-state index in [0.29, 0.717) is 12.3 Å². The normalized spacial score (nSPS) is 15.7. The molecule has 2 rings (SSSR count). The number of thiophene rings is 1. The van der Waals surface area contributed by atoms with Gasteiger partial charge in [0.1, 0.15) is 0 Å². The first-order chi connectivity index (χ1) is 9.81. The Morgan fingerprint density at radius 1 is 1.15 bits per heavy atom. The van der Waals surface area contributed by atoms with Gasteiger partial charge < -0.3 is 15.5 Å². The van der Waals surface area contributed by atoms with Crippen molar-refractivity contribution < 1.29 is 4.79 Å². The predicted molar refractivity (Wildman–Crippen MR) is 85.3 cm³/mol. The zero-order valence-electron chi connectivity index (χ0n) is 12.1. The molecule has 1 saturated heterocycles. The van der Waals surface area contributed by atoms with Gasteiger partial charge in [-0.15, -0.1) is 11.3 Å². The van der Waals surface area contributed by atoms with Gasteiger partial charge in [-0.25, -0.2) is 0 Å². The molecule has 2 N–H and O–H groups in total. The third kappa shape index (κ3) is 4.49. The van der Waals surface area contributed by atoms with Crippen molar-refractivity contribution in [3.05, 3.63) is 17.5 Å². The van der Waals surface area contributed by atoms with E-state index in [9.17, 15) is 4.79 Å². The third-order valence-corrected chi connectivity index (χ3v) is 4.72. The first-order valence-electron chi connectivity index (χ1n) is 7.57. The fourth-order valence-corrected chi connectivity index (χ4v) is 3.34. The van der Waals surface area contributed by atoms with E-state index in [1.165, 1.54) is 5.00 Å². The van der Waals surface area contributed by atoms with E-state index < -0.39 is 0 Å². The van der Waals surface area contributed by atoms with E-state index >= 15 is 0 Å². The van der Waals surface area contributed by atoms with Crippen molar-refractivity contribution in [2.24, 2.45) is 5.73 Å². The summed E-state index contributed by atoms with van der Waals surface area (Å²) in [6.45, 7) is 4.40. The van der Waals surface area contributed by atoms with Crippen molar-refractivity contribution in [3.63, 3.8) is 0 Å². The van der Waals surface area contributed by atoms with E-state index in [1.807, 2.05) is 4.90 Å². The maximum absolute atomic E-state index is 12.1. The Morgan fingerprint density at radius 3 is 2.55 bits per heavy atom. The van der Waals surface area contributed by atoms with Crippen LogP contribution in [0.2, 0.25) is 0 Å². The molecule has 4 nitrogen and oxygen atoms in total. The van der Waals surface area contributed by atoms with Crippen LogP contribution in [0.25, 0.3) is 0 Å². The number of rotatable bonds is 7. The van der Waals surface area contributed by atoms with E-state index in [1.54, 1.807) is 11.3 Å². The van der Waals surface area contributed by atoms with Gasteiger partial charge in [0, 0.05) is 32.6 Å². The minimum absolute atomic E-state index is 0.323. The highest BCUT2D eigenvalue weighted by atomic mass is 32.1. The van der Waals surface area contributed by atoms with Crippen LogP contribution in [0.1, 0.15) is 32.1 Å². The highest BCUT2D eigenvalue weighted by Gasteiger charge is 2.21. The fourth-order valence-electron chi connectivity index (χ4n) is 2.56. The second-order valence-corrected chi connectivity index (χ2v) is 6.20. The van der Waals surface area contributed by atoms with Crippen molar-refractivity contribution in [1.29, 1.82) is 0 Å². The van der Waals surface area contributed by atoms with Crippen molar-refractivity contribution >= 4 is 22.2 Å². The first-order valence-corrected chi connectivity index (χ1v) is 8.45. The van der Waals surface area contributed by atoms with Crippen LogP contribution in [0.4, 0.5) is 5.00 Å². The zero-order valence-corrected chi connectivity index (χ0v) is 12.9. The van der Waals surface area contributed by atoms with Crippen LogP contribution in [0, 0.1) is 0 Å². The predicted octanol–water partition coefficient (Wildman–Crippen LogP) is 2.31. The molecule has 0 radical (unpaired) electrons. The summed E-state index contributed by atoms with van der Waals surface area (Å²) in [4.78, 5) is 16.5. The maximum Gasteiger partial charge on any atom is 0.222 e. The molecule has 0 unspecified atom stereocenters. The second kappa shape index (κ2) is 8.27. The third-order valence-electron chi connectivity index (χ3n) is 3.79. The molecule has 1 aliphatic rings. The number of amides is 1. The number of hydrogen-bond acceptors (Lipinski definition) is 4. The van der Waals surface area contributed by atoms with Gasteiger partial charge in [0.25, 0.3) is 0 Å². The van der Waals surface area contributed by atoms with Crippen LogP contribution in [0.3, 0.4) is 0 Å². The SMILES string of the molecule is NCCCCCCC(=O)N1CCN(c2cccs2)CC1. The molecule has 20 heavy (non-hydrogen) atoms. The summed E-state index contributed by atoms with van der Waals surface area (Å²) in [6.07, 6.45) is 5.05. The molecule has 0 aromatic carbocycles. The largest absolute Gasteiger partial charge is 0.360 e. The van der Waals surface area contributed by atoms with E-state index in [0.717, 1.165) is 58.4 Å². The smallest absolute Gasteiger partial charge is 0.222 e. The molecule has 0 saturated carbocycles. The lowest BCUT2D eigenvalue weighted by molar-refractivity contribution is -0.131. The number of carbonyl (C=O) groups excluding carboxylic acids is 1. The van der Waals surface area contributed by atoms with E-state index in [-0.39, 0.29) is 0 Å². The van der Waals surface area contributed by atoms with Crippen LogP contribution in [0.5, 0.6) is 0 Å². The van der Waals surface area contributed by atoms with Gasteiger partial charge in [-0.05, 0) is 36.9 Å². The number of unbranched alkanes of at least 4 members (excludes halogenated alkanes) is 3. The van der Waals surface area contributed by atoms with Crippen molar-refractivity contribution in [3.8, 4) is 0 Å². The van der Waals surface area contributed by atoms with Crippen molar-refractivity contribution in [2.45, 2.75) is 32.1 Å². The molecule has 112 valence electrons. The molecule has 0 aliphatic carbocycles. The molecule has 0 atom stereocenters. The van der Waals surface area contributed by atoms with Gasteiger partial charge in [-0.1, -0.05) is 12.8 Å². The quantitative estimate of drug-likeness (QED) is 0.785. The summed E-state index contributed by atoms with van der Waals surface area (Å²) < 4.78 is 0. The number of nitrogens with zero attached hydrogens (tertiary/aromatic N) is 2. The summed E-state index contributed by atoms with van der Waals surface area (Å²) >= 11 is 1.77. The van der Waals surface area contributed by atoms with Crippen LogP contribution in [-0.4, -0.2) is 43.5 Å². The van der Waals surface area contributed by atoms with Crippen molar-refractivity contribution in [2.75, 3.05) is 37.6 Å². The molecular formula is C15H25N3OS. The van der Waals surface area contributed by atoms with E-state index in [2.05, 4.69) is 22.4 Å². The molecule has 1 fully saturated rings. The molecule has 1 aromatic rings. The lowest BCUT2D eigenvalue weighted by atomic mass is 10.1.